The lowest BCUT2D eigenvalue weighted by atomic mass is 9.99. The highest BCUT2D eigenvalue weighted by atomic mass is 19.3. The molecule has 0 aromatic heterocycles. The molecule has 1 fully saturated rings. The molecule has 1 saturated heterocycles. The molecule has 0 radical (unpaired) electrons. The number of alkyl halides is 2. The predicted octanol–water partition coefficient (Wildman–Crippen LogP) is 3.45. The summed E-state index contributed by atoms with van der Waals surface area (Å²) in [6.07, 6.45) is 0.165. The highest BCUT2D eigenvalue weighted by molar-refractivity contribution is 5.23. The van der Waals surface area contributed by atoms with E-state index in [0.717, 1.165) is 38.3 Å². The van der Waals surface area contributed by atoms with Crippen molar-refractivity contribution < 1.29 is 8.78 Å². The van der Waals surface area contributed by atoms with Crippen LogP contribution in [-0.2, 0) is 6.54 Å². The van der Waals surface area contributed by atoms with Gasteiger partial charge in [-0.05, 0) is 44.0 Å². The molecule has 0 amide bonds. The normalized spacial score (nSPS) is 19.8. The molecular weight excluding hydrogens is 258 g/mol. The average molecular weight is 282 g/mol. The van der Waals surface area contributed by atoms with E-state index in [0.29, 0.717) is 5.92 Å². The largest absolute Gasteiger partial charge is 0.316 e. The number of nitrogens with one attached hydrogen (secondary N) is 1. The monoisotopic (exact) mass is 282 g/mol. The molecular formula is C16H24F2N2. The summed E-state index contributed by atoms with van der Waals surface area (Å²) >= 11 is 0. The van der Waals surface area contributed by atoms with E-state index >= 15 is 0 Å². The summed E-state index contributed by atoms with van der Waals surface area (Å²) in [4.78, 5) is 2.40. The van der Waals surface area contributed by atoms with E-state index < -0.39 is 6.43 Å². The van der Waals surface area contributed by atoms with Gasteiger partial charge in [0, 0.05) is 18.7 Å². The minimum atomic E-state index is -2.38. The minimum Gasteiger partial charge on any atom is -0.316 e. The summed E-state index contributed by atoms with van der Waals surface area (Å²) in [6, 6.07) is 6.72. The lowest BCUT2D eigenvalue weighted by Gasteiger charge is -2.29. The third-order valence-electron chi connectivity index (χ3n) is 4.00. The minimum absolute atomic E-state index is 0.105. The van der Waals surface area contributed by atoms with Gasteiger partial charge >= 0.3 is 0 Å². The zero-order chi connectivity index (χ0) is 14.4. The molecule has 2 rings (SSSR count). The molecule has 1 heterocycles. The quantitative estimate of drug-likeness (QED) is 0.859. The van der Waals surface area contributed by atoms with Crippen molar-refractivity contribution in [2.45, 2.75) is 32.7 Å². The van der Waals surface area contributed by atoms with E-state index in [9.17, 15) is 8.78 Å². The summed E-state index contributed by atoms with van der Waals surface area (Å²) in [5, 5.41) is 3.44. The van der Waals surface area contributed by atoms with E-state index in [2.05, 4.69) is 17.1 Å². The molecule has 1 atom stereocenters. The van der Waals surface area contributed by atoms with Crippen molar-refractivity contribution in [1.29, 1.82) is 0 Å². The maximum absolute atomic E-state index is 12.5. The molecule has 0 saturated carbocycles. The van der Waals surface area contributed by atoms with E-state index in [1.165, 1.54) is 25.0 Å². The van der Waals surface area contributed by atoms with Gasteiger partial charge in [0.2, 0.25) is 0 Å². The first-order valence-corrected chi connectivity index (χ1v) is 7.49. The number of piperidine rings is 1. The van der Waals surface area contributed by atoms with Gasteiger partial charge < -0.3 is 5.32 Å². The summed E-state index contributed by atoms with van der Waals surface area (Å²) in [7, 11) is 0. The first-order chi connectivity index (χ1) is 9.69. The molecule has 0 bridgehead atoms. The van der Waals surface area contributed by atoms with Gasteiger partial charge in [-0.1, -0.05) is 31.2 Å². The lowest BCUT2D eigenvalue weighted by Crippen LogP contribution is -2.38. The average Bonchev–Trinajstić information content (AvgIpc) is 2.48. The maximum atomic E-state index is 12.5. The van der Waals surface area contributed by atoms with Gasteiger partial charge in [-0.15, -0.1) is 0 Å². The van der Waals surface area contributed by atoms with Crippen LogP contribution < -0.4 is 5.32 Å². The van der Waals surface area contributed by atoms with Crippen LogP contribution in [0.4, 0.5) is 8.78 Å². The van der Waals surface area contributed by atoms with Crippen LogP contribution in [0.3, 0.4) is 0 Å². The van der Waals surface area contributed by atoms with E-state index in [1.807, 2.05) is 12.1 Å². The highest BCUT2D eigenvalue weighted by Gasteiger charge is 2.16. The van der Waals surface area contributed by atoms with Crippen LogP contribution in [0.5, 0.6) is 0 Å². The second kappa shape index (κ2) is 7.70. The lowest BCUT2D eigenvalue weighted by molar-refractivity contribution is 0.151. The van der Waals surface area contributed by atoms with Crippen molar-refractivity contribution in [3.63, 3.8) is 0 Å². The SMILES string of the molecule is CCN(Cc1ccc(C(F)F)cc1)CC1CCCNC1. The Morgan fingerprint density at radius 3 is 2.60 bits per heavy atom. The summed E-state index contributed by atoms with van der Waals surface area (Å²) in [5.74, 6) is 0.712. The second-order valence-corrected chi connectivity index (χ2v) is 5.58. The van der Waals surface area contributed by atoms with Gasteiger partial charge in [0.05, 0.1) is 0 Å². The fourth-order valence-electron chi connectivity index (χ4n) is 2.78. The van der Waals surface area contributed by atoms with Crippen molar-refractivity contribution in [3.8, 4) is 0 Å². The smallest absolute Gasteiger partial charge is 0.263 e. The Labute approximate surface area is 120 Å². The van der Waals surface area contributed by atoms with Crippen LogP contribution in [0.25, 0.3) is 0 Å². The Hall–Kier alpha value is -1.00. The van der Waals surface area contributed by atoms with E-state index in [4.69, 9.17) is 0 Å². The molecule has 2 nitrogen and oxygen atoms in total. The number of hydrogen-bond acceptors (Lipinski definition) is 2. The Bertz CT molecular complexity index is 386. The Kier molecular flexibility index (Phi) is 5.92. The molecule has 1 aliphatic heterocycles. The Morgan fingerprint density at radius 1 is 1.30 bits per heavy atom. The molecule has 20 heavy (non-hydrogen) atoms. The topological polar surface area (TPSA) is 15.3 Å². The molecule has 1 aliphatic rings. The number of nitrogens with zero attached hydrogens (tertiary/aromatic N) is 1. The third-order valence-corrected chi connectivity index (χ3v) is 4.00. The summed E-state index contributed by atoms with van der Waals surface area (Å²) in [6.45, 7) is 7.31. The van der Waals surface area contributed by atoms with Crippen LogP contribution in [0.2, 0.25) is 0 Å². The van der Waals surface area contributed by atoms with Crippen molar-refractivity contribution in [2.75, 3.05) is 26.2 Å². The van der Waals surface area contributed by atoms with Crippen molar-refractivity contribution in [2.24, 2.45) is 5.92 Å². The second-order valence-electron chi connectivity index (χ2n) is 5.58. The Morgan fingerprint density at radius 2 is 2.05 bits per heavy atom. The number of benzene rings is 1. The number of rotatable bonds is 6. The maximum Gasteiger partial charge on any atom is 0.263 e. The van der Waals surface area contributed by atoms with Crippen molar-refractivity contribution in [1.82, 2.24) is 10.2 Å². The first kappa shape index (κ1) is 15.4. The fourth-order valence-corrected chi connectivity index (χ4v) is 2.78. The molecule has 1 aromatic carbocycles. The zero-order valence-electron chi connectivity index (χ0n) is 12.1. The van der Waals surface area contributed by atoms with Crippen LogP contribution in [0.1, 0.15) is 37.3 Å². The third kappa shape index (κ3) is 4.53. The van der Waals surface area contributed by atoms with Crippen LogP contribution in [-0.4, -0.2) is 31.1 Å². The molecule has 0 spiro atoms. The van der Waals surface area contributed by atoms with Crippen LogP contribution >= 0.6 is 0 Å². The van der Waals surface area contributed by atoms with Crippen molar-refractivity contribution in [3.05, 3.63) is 35.4 Å². The van der Waals surface area contributed by atoms with E-state index in [-0.39, 0.29) is 5.56 Å². The van der Waals surface area contributed by atoms with Crippen molar-refractivity contribution >= 4 is 0 Å². The first-order valence-electron chi connectivity index (χ1n) is 7.49. The predicted molar refractivity (Wildman–Crippen MR) is 77.9 cm³/mol. The standard InChI is InChI=1S/C16H24F2N2/c1-2-20(12-14-4-3-9-19-10-14)11-13-5-7-15(8-6-13)16(17)18/h5-8,14,16,19H,2-4,9-12H2,1H3. The zero-order valence-corrected chi connectivity index (χ0v) is 12.1. The van der Waals surface area contributed by atoms with Crippen LogP contribution in [0.15, 0.2) is 24.3 Å². The van der Waals surface area contributed by atoms with E-state index in [1.54, 1.807) is 0 Å². The van der Waals surface area contributed by atoms with Gasteiger partial charge in [0.25, 0.3) is 6.43 Å². The molecule has 1 unspecified atom stereocenters. The van der Waals surface area contributed by atoms with Gasteiger partial charge in [-0.3, -0.25) is 4.90 Å². The van der Waals surface area contributed by atoms with Gasteiger partial charge in [-0.25, -0.2) is 8.78 Å². The summed E-state index contributed by atoms with van der Waals surface area (Å²) in [5.41, 5.74) is 1.22. The van der Waals surface area contributed by atoms with Gasteiger partial charge in [-0.2, -0.15) is 0 Å². The highest BCUT2D eigenvalue weighted by Crippen LogP contribution is 2.20. The molecule has 1 aromatic rings. The molecule has 4 heteroatoms. The Balaban J connectivity index is 1.88. The number of halogens is 2. The summed E-state index contributed by atoms with van der Waals surface area (Å²) < 4.78 is 25.0. The molecule has 1 N–H and O–H groups in total. The van der Waals surface area contributed by atoms with Crippen LogP contribution in [0, 0.1) is 5.92 Å². The number of hydrogen-bond donors (Lipinski definition) is 1. The fraction of sp³-hybridized carbons (Fsp3) is 0.625. The molecule has 0 aliphatic carbocycles. The molecule has 112 valence electrons. The van der Waals surface area contributed by atoms with Gasteiger partial charge in [0.1, 0.15) is 0 Å². The van der Waals surface area contributed by atoms with Gasteiger partial charge in [0.15, 0.2) is 0 Å².